The fourth-order valence-corrected chi connectivity index (χ4v) is 8.29. The maximum Gasteiger partial charge on any atom is 0.338 e. The van der Waals surface area contributed by atoms with Crippen LogP contribution in [0.15, 0.2) is 112 Å². The molecule has 2 heterocycles. The number of fused-ring (bicyclic) bond motifs is 1. The number of carbonyl (C=O) groups is 1. The Labute approximate surface area is 297 Å². The van der Waals surface area contributed by atoms with E-state index in [0.717, 1.165) is 29.4 Å². The van der Waals surface area contributed by atoms with E-state index in [1.54, 1.807) is 18.6 Å². The number of thiazole rings is 1. The summed E-state index contributed by atoms with van der Waals surface area (Å²) < 4.78 is 21.3. The van der Waals surface area contributed by atoms with Crippen LogP contribution in [0.3, 0.4) is 0 Å². The summed E-state index contributed by atoms with van der Waals surface area (Å²) in [6.07, 6.45) is 1.86. The summed E-state index contributed by atoms with van der Waals surface area (Å²) in [5, 5.41) is 0. The highest BCUT2D eigenvalue weighted by molar-refractivity contribution is 14.1. The maximum absolute atomic E-state index is 14.4. The first kappa shape index (κ1) is 32.2. The van der Waals surface area contributed by atoms with Gasteiger partial charge in [0.25, 0.3) is 5.56 Å². The van der Waals surface area contributed by atoms with Crippen molar-refractivity contribution in [3.8, 4) is 11.5 Å². The lowest BCUT2D eigenvalue weighted by Crippen LogP contribution is -2.40. The van der Waals surface area contributed by atoms with Crippen LogP contribution >= 0.6 is 56.5 Å². The molecule has 5 aromatic rings. The highest BCUT2D eigenvalue weighted by Crippen LogP contribution is 2.36. The average Bonchev–Trinajstić information content (AvgIpc) is 3.38. The first-order valence-electron chi connectivity index (χ1n) is 14.5. The monoisotopic (exact) mass is 854 g/mol. The molecule has 1 atom stereocenters. The molecule has 0 radical (unpaired) electrons. The second-order valence-corrected chi connectivity index (χ2v) is 13.7. The molecule has 0 saturated carbocycles. The number of hydrogen-bond acceptors (Lipinski definition) is 7. The minimum atomic E-state index is -0.775. The quantitative estimate of drug-likeness (QED) is 0.122. The van der Waals surface area contributed by atoms with E-state index in [-0.39, 0.29) is 12.2 Å². The molecule has 0 amide bonds. The topological polar surface area (TPSA) is 79.1 Å². The molecular weight excluding hydrogens is 826 g/mol. The third-order valence-corrected chi connectivity index (χ3v) is 9.76. The summed E-state index contributed by atoms with van der Waals surface area (Å²) in [7, 11) is 1.60. The van der Waals surface area contributed by atoms with Gasteiger partial charge in [0, 0.05) is 14.7 Å². The summed E-state index contributed by atoms with van der Waals surface area (Å²) >= 11 is 5.82. The van der Waals surface area contributed by atoms with Gasteiger partial charge in [0.05, 0.1) is 39.1 Å². The number of esters is 1. The lowest BCUT2D eigenvalue weighted by Gasteiger charge is -2.26. The average molecular weight is 855 g/mol. The van der Waals surface area contributed by atoms with Gasteiger partial charge in [-0.25, -0.2) is 9.79 Å². The zero-order valence-electron chi connectivity index (χ0n) is 24.9. The number of methoxy groups -OCH3 is 1. The van der Waals surface area contributed by atoms with E-state index in [0.29, 0.717) is 38.7 Å². The summed E-state index contributed by atoms with van der Waals surface area (Å²) in [6, 6.07) is 30.1. The van der Waals surface area contributed by atoms with E-state index in [4.69, 9.17) is 19.2 Å². The minimum Gasteiger partial charge on any atom is -0.497 e. The number of ether oxygens (including phenoxy) is 3. The van der Waals surface area contributed by atoms with Crippen molar-refractivity contribution in [3.05, 3.63) is 152 Å². The third kappa shape index (κ3) is 6.69. The Kier molecular flexibility index (Phi) is 10.0. The Balaban J connectivity index is 1.57. The summed E-state index contributed by atoms with van der Waals surface area (Å²) in [5.74, 6) is 0.834. The molecule has 0 saturated heterocycles. The molecule has 0 N–H and O–H groups in total. The Bertz CT molecular complexity index is 2110. The van der Waals surface area contributed by atoms with Crippen molar-refractivity contribution >= 4 is 74.3 Å². The van der Waals surface area contributed by atoms with Gasteiger partial charge in [0.2, 0.25) is 0 Å². The second-order valence-electron chi connectivity index (χ2n) is 10.3. The Hall–Kier alpha value is -3.75. The molecule has 0 aliphatic carbocycles. The van der Waals surface area contributed by atoms with Crippen molar-refractivity contribution in [1.29, 1.82) is 0 Å². The van der Waals surface area contributed by atoms with Crippen LogP contribution in [0.1, 0.15) is 35.2 Å². The van der Waals surface area contributed by atoms with Gasteiger partial charge >= 0.3 is 5.97 Å². The van der Waals surface area contributed by atoms with Gasteiger partial charge < -0.3 is 14.2 Å². The lowest BCUT2D eigenvalue weighted by molar-refractivity contribution is -0.138. The largest absolute Gasteiger partial charge is 0.497 e. The first-order chi connectivity index (χ1) is 22.4. The number of benzene rings is 4. The molecular formula is C36H28I2N2O5S. The van der Waals surface area contributed by atoms with Crippen LogP contribution in [0.25, 0.3) is 11.8 Å². The maximum atomic E-state index is 14.4. The van der Waals surface area contributed by atoms with E-state index in [1.807, 2.05) is 103 Å². The molecule has 10 heteroatoms. The van der Waals surface area contributed by atoms with E-state index >= 15 is 0 Å². The smallest absolute Gasteiger partial charge is 0.338 e. The van der Waals surface area contributed by atoms with Crippen LogP contribution in [0, 0.1) is 7.14 Å². The molecule has 1 aliphatic heterocycles. The number of hydrogen-bond donors (Lipinski definition) is 0. The first-order valence-corrected chi connectivity index (χ1v) is 17.4. The van der Waals surface area contributed by atoms with Crippen LogP contribution in [0.4, 0.5) is 0 Å². The van der Waals surface area contributed by atoms with Gasteiger partial charge in [-0.15, -0.1) is 0 Å². The minimum absolute atomic E-state index is 0.182. The Morgan fingerprint density at radius 1 is 0.978 bits per heavy atom. The number of rotatable bonds is 9. The van der Waals surface area contributed by atoms with Crippen molar-refractivity contribution in [2.45, 2.75) is 19.6 Å². The molecule has 0 unspecified atom stereocenters. The van der Waals surface area contributed by atoms with Gasteiger partial charge in [-0.1, -0.05) is 84.1 Å². The Morgan fingerprint density at radius 2 is 1.67 bits per heavy atom. The van der Waals surface area contributed by atoms with Crippen molar-refractivity contribution in [3.63, 3.8) is 0 Å². The van der Waals surface area contributed by atoms with Gasteiger partial charge in [-0.05, 0) is 93.6 Å². The van der Waals surface area contributed by atoms with E-state index in [1.165, 1.54) is 11.3 Å². The van der Waals surface area contributed by atoms with Crippen molar-refractivity contribution < 1.29 is 19.0 Å². The van der Waals surface area contributed by atoms with E-state index in [2.05, 4.69) is 45.2 Å². The van der Waals surface area contributed by atoms with Crippen LogP contribution in [-0.2, 0) is 16.1 Å². The van der Waals surface area contributed by atoms with Crippen molar-refractivity contribution in [2.75, 3.05) is 13.7 Å². The molecule has 1 aromatic heterocycles. The molecule has 6 rings (SSSR count). The molecule has 232 valence electrons. The molecule has 7 nitrogen and oxygen atoms in total. The zero-order valence-corrected chi connectivity index (χ0v) is 30.0. The van der Waals surface area contributed by atoms with Gasteiger partial charge in [-0.3, -0.25) is 9.36 Å². The number of carbonyl (C=O) groups excluding carboxylic acids is 1. The predicted octanol–water partition coefficient (Wildman–Crippen LogP) is 6.73. The Morgan fingerprint density at radius 3 is 2.35 bits per heavy atom. The fourth-order valence-electron chi connectivity index (χ4n) is 5.25. The molecule has 0 spiro atoms. The van der Waals surface area contributed by atoms with Gasteiger partial charge in [0.1, 0.15) is 18.1 Å². The fraction of sp³-hybridized carbons (Fsp3) is 0.139. The lowest BCUT2D eigenvalue weighted by atomic mass is 9.93. The van der Waals surface area contributed by atoms with Crippen LogP contribution in [0.5, 0.6) is 11.5 Å². The number of aromatic nitrogens is 1. The second kappa shape index (κ2) is 14.3. The normalized spacial score (nSPS) is 14.4. The van der Waals surface area contributed by atoms with Gasteiger partial charge in [-0.2, -0.15) is 0 Å². The number of nitrogens with zero attached hydrogens (tertiary/aromatic N) is 2. The SMILES string of the molecule is CCOC(=O)C1=C(c2ccccc2)N=c2s/c(=C\c3cc(I)cc(I)c3OCc3ccccc3)c(=O)n2[C@H]1c1ccc(OC)cc1. The third-order valence-electron chi connectivity index (χ3n) is 7.35. The molecule has 46 heavy (non-hydrogen) atoms. The van der Waals surface area contributed by atoms with Crippen LogP contribution in [0.2, 0.25) is 0 Å². The molecule has 0 fully saturated rings. The van der Waals surface area contributed by atoms with Gasteiger partial charge in [0.15, 0.2) is 4.80 Å². The van der Waals surface area contributed by atoms with E-state index in [9.17, 15) is 9.59 Å². The van der Waals surface area contributed by atoms with Crippen molar-refractivity contribution in [2.24, 2.45) is 4.99 Å². The van der Waals surface area contributed by atoms with Crippen molar-refractivity contribution in [1.82, 2.24) is 4.57 Å². The molecule has 0 bridgehead atoms. The standard InChI is InChI=1S/C36H28I2N2O5S/c1-3-44-35(42)30-31(23-12-8-5-9-13-23)39-36-40(32(30)24-14-16-27(43-2)17-15-24)34(41)29(46-36)19-25-18-26(37)20-28(38)33(25)45-21-22-10-6-4-7-11-22/h4-20,32H,3,21H2,1-2H3/b29-19-/t32-/m0/s1. The molecule has 4 aromatic carbocycles. The van der Waals surface area contributed by atoms with Crippen LogP contribution < -0.4 is 24.4 Å². The number of halogens is 2. The zero-order chi connectivity index (χ0) is 32.2. The molecule has 1 aliphatic rings. The predicted molar refractivity (Wildman–Crippen MR) is 197 cm³/mol. The summed E-state index contributed by atoms with van der Waals surface area (Å²) in [6.45, 7) is 2.33. The summed E-state index contributed by atoms with van der Waals surface area (Å²) in [4.78, 5) is 33.5. The van der Waals surface area contributed by atoms with E-state index < -0.39 is 12.0 Å². The van der Waals surface area contributed by atoms with Crippen LogP contribution in [-0.4, -0.2) is 24.3 Å². The highest BCUT2D eigenvalue weighted by Gasteiger charge is 2.35. The highest BCUT2D eigenvalue weighted by atomic mass is 127. The summed E-state index contributed by atoms with van der Waals surface area (Å²) in [5.41, 5.74) is 3.83.